The van der Waals surface area contributed by atoms with Gasteiger partial charge in [0.25, 0.3) is 5.88 Å². The summed E-state index contributed by atoms with van der Waals surface area (Å²) in [5.74, 6) is 0.381. The number of H-pyrrole nitrogens is 1. The van der Waals surface area contributed by atoms with Crippen LogP contribution in [0, 0.1) is 0 Å². The molecule has 6 nitrogen and oxygen atoms in total. The summed E-state index contributed by atoms with van der Waals surface area (Å²) < 4.78 is 5.81. The number of nitrogens with zero attached hydrogens (tertiary/aromatic N) is 3. The first kappa shape index (κ1) is 15.4. The number of piperidine rings is 1. The molecule has 2 N–H and O–H groups in total. The van der Waals surface area contributed by atoms with E-state index >= 15 is 0 Å². The van der Waals surface area contributed by atoms with Crippen molar-refractivity contribution >= 4 is 28.9 Å². The molecule has 2 aromatic rings. The van der Waals surface area contributed by atoms with Crippen molar-refractivity contribution < 1.29 is 9.84 Å². The average Bonchev–Trinajstić information content (AvgIpc) is 2.94. The second-order valence-corrected chi connectivity index (χ2v) is 6.06. The molecule has 0 aliphatic carbocycles. The van der Waals surface area contributed by atoms with Crippen molar-refractivity contribution in [3.63, 3.8) is 0 Å². The zero-order valence-corrected chi connectivity index (χ0v) is 13.3. The van der Waals surface area contributed by atoms with Crippen LogP contribution in [0.2, 0.25) is 10.0 Å². The van der Waals surface area contributed by atoms with Gasteiger partial charge in [0, 0.05) is 41.7 Å². The second kappa shape index (κ2) is 6.73. The topological polar surface area (TPSA) is 74.3 Å². The zero-order chi connectivity index (χ0) is 15.5. The van der Waals surface area contributed by atoms with Gasteiger partial charge in [-0.1, -0.05) is 33.5 Å². The van der Waals surface area contributed by atoms with Gasteiger partial charge in [-0.25, -0.2) is 0 Å². The molecule has 1 aromatic carbocycles. The molecule has 8 heteroatoms. The molecule has 0 bridgehead atoms. The lowest BCUT2D eigenvalue weighted by atomic mass is 10.1. The van der Waals surface area contributed by atoms with E-state index < -0.39 is 0 Å². The minimum atomic E-state index is -0.164. The van der Waals surface area contributed by atoms with Crippen molar-refractivity contribution in [2.24, 2.45) is 0 Å². The first-order valence-electron chi connectivity index (χ1n) is 7.04. The SMILES string of the molecule is OCc1[nH]nnc1OC1CCN(c2cc(Cl)cc(Cl)c2)CC1. The van der Waals surface area contributed by atoms with Crippen molar-refractivity contribution in [2.75, 3.05) is 18.0 Å². The maximum atomic E-state index is 9.16. The van der Waals surface area contributed by atoms with Crippen molar-refractivity contribution in [1.29, 1.82) is 0 Å². The number of hydrogen-bond donors (Lipinski definition) is 2. The van der Waals surface area contributed by atoms with Crippen molar-refractivity contribution in [1.82, 2.24) is 15.4 Å². The molecule has 118 valence electrons. The minimum absolute atomic E-state index is 0.0568. The largest absolute Gasteiger partial charge is 0.472 e. The molecule has 0 spiro atoms. The van der Waals surface area contributed by atoms with Gasteiger partial charge >= 0.3 is 0 Å². The summed E-state index contributed by atoms with van der Waals surface area (Å²) >= 11 is 12.1. The highest BCUT2D eigenvalue weighted by atomic mass is 35.5. The van der Waals surface area contributed by atoms with Crippen LogP contribution >= 0.6 is 23.2 Å². The fraction of sp³-hybridized carbons (Fsp3) is 0.429. The summed E-state index contributed by atoms with van der Waals surface area (Å²) in [7, 11) is 0. The molecule has 2 heterocycles. The smallest absolute Gasteiger partial charge is 0.259 e. The molecular formula is C14H16Cl2N4O2. The quantitative estimate of drug-likeness (QED) is 0.893. The Kier molecular flexibility index (Phi) is 4.71. The standard InChI is InChI=1S/C14H16Cl2N4O2/c15-9-5-10(16)7-11(6-9)20-3-1-12(2-4-20)22-14-13(8-21)17-19-18-14/h5-7,12,21H,1-4,8H2,(H,17,18,19). The van der Waals surface area contributed by atoms with Crippen LogP contribution in [0.3, 0.4) is 0 Å². The van der Waals surface area contributed by atoms with Crippen LogP contribution < -0.4 is 9.64 Å². The molecule has 3 rings (SSSR count). The highest BCUT2D eigenvalue weighted by Gasteiger charge is 2.23. The van der Waals surface area contributed by atoms with Crippen LogP contribution in [0.1, 0.15) is 18.5 Å². The van der Waals surface area contributed by atoms with Crippen LogP contribution in [0.15, 0.2) is 18.2 Å². The number of aliphatic hydroxyl groups excluding tert-OH is 1. The molecule has 22 heavy (non-hydrogen) atoms. The molecule has 1 aromatic heterocycles. The molecule has 0 unspecified atom stereocenters. The Labute approximate surface area is 138 Å². The van der Waals surface area contributed by atoms with Crippen molar-refractivity contribution in [3.8, 4) is 5.88 Å². The normalized spacial score (nSPS) is 16.0. The average molecular weight is 343 g/mol. The van der Waals surface area contributed by atoms with Gasteiger partial charge in [-0.15, -0.1) is 0 Å². The molecule has 1 aliphatic heterocycles. The van der Waals surface area contributed by atoms with Crippen LogP contribution in [-0.2, 0) is 6.61 Å². The second-order valence-electron chi connectivity index (χ2n) is 5.19. The summed E-state index contributed by atoms with van der Waals surface area (Å²) in [4.78, 5) is 2.23. The third kappa shape index (κ3) is 3.45. The van der Waals surface area contributed by atoms with Gasteiger partial charge < -0.3 is 14.7 Å². The van der Waals surface area contributed by atoms with E-state index in [0.29, 0.717) is 21.6 Å². The van der Waals surface area contributed by atoms with E-state index in [9.17, 15) is 0 Å². The summed E-state index contributed by atoms with van der Waals surface area (Å²) in [6.45, 7) is 1.52. The highest BCUT2D eigenvalue weighted by Crippen LogP contribution is 2.28. The summed E-state index contributed by atoms with van der Waals surface area (Å²) in [5.41, 5.74) is 1.53. The predicted octanol–water partition coefficient (Wildman–Crippen LogP) is 2.65. The molecule has 0 atom stereocenters. The number of benzene rings is 1. The number of aromatic amines is 1. The first-order chi connectivity index (χ1) is 10.7. The Morgan fingerprint density at radius 1 is 1.23 bits per heavy atom. The lowest BCUT2D eigenvalue weighted by molar-refractivity contribution is 0.157. The van der Waals surface area contributed by atoms with E-state index in [1.54, 1.807) is 6.07 Å². The monoisotopic (exact) mass is 342 g/mol. The van der Waals surface area contributed by atoms with Crippen LogP contribution in [0.4, 0.5) is 5.69 Å². The number of nitrogens with one attached hydrogen (secondary N) is 1. The minimum Gasteiger partial charge on any atom is -0.472 e. The Balaban J connectivity index is 1.60. The van der Waals surface area contributed by atoms with Crippen molar-refractivity contribution in [2.45, 2.75) is 25.6 Å². The summed E-state index contributed by atoms with van der Waals surface area (Å²) in [6, 6.07) is 5.55. The van der Waals surface area contributed by atoms with E-state index in [-0.39, 0.29) is 12.7 Å². The van der Waals surface area contributed by atoms with Crippen LogP contribution in [-0.4, -0.2) is 39.7 Å². The fourth-order valence-electron chi connectivity index (χ4n) is 2.55. The molecule has 1 aliphatic rings. The summed E-state index contributed by atoms with van der Waals surface area (Å²) in [6.07, 6.45) is 1.75. The van der Waals surface area contributed by atoms with Gasteiger partial charge in [0.1, 0.15) is 11.8 Å². The van der Waals surface area contributed by atoms with Gasteiger partial charge in [0.2, 0.25) is 0 Å². The van der Waals surface area contributed by atoms with E-state index in [0.717, 1.165) is 31.6 Å². The maximum Gasteiger partial charge on any atom is 0.259 e. The van der Waals surface area contributed by atoms with E-state index in [2.05, 4.69) is 20.3 Å². The predicted molar refractivity (Wildman–Crippen MR) is 84.6 cm³/mol. The fourth-order valence-corrected chi connectivity index (χ4v) is 3.06. The Morgan fingerprint density at radius 3 is 2.55 bits per heavy atom. The molecule has 1 fully saturated rings. The number of aromatic nitrogens is 3. The number of hydrogen-bond acceptors (Lipinski definition) is 5. The van der Waals surface area contributed by atoms with Gasteiger partial charge in [-0.2, -0.15) is 0 Å². The molecule has 0 saturated carbocycles. The number of aliphatic hydroxyl groups is 1. The van der Waals surface area contributed by atoms with E-state index in [1.165, 1.54) is 0 Å². The maximum absolute atomic E-state index is 9.16. The number of rotatable bonds is 4. The van der Waals surface area contributed by atoms with Crippen molar-refractivity contribution in [3.05, 3.63) is 33.9 Å². The van der Waals surface area contributed by atoms with Gasteiger partial charge in [-0.05, 0) is 18.2 Å². The molecule has 0 radical (unpaired) electrons. The highest BCUT2D eigenvalue weighted by molar-refractivity contribution is 6.35. The molecule has 1 saturated heterocycles. The first-order valence-corrected chi connectivity index (χ1v) is 7.80. The lowest BCUT2D eigenvalue weighted by Gasteiger charge is -2.33. The molecular weight excluding hydrogens is 327 g/mol. The Hall–Kier alpha value is -1.50. The van der Waals surface area contributed by atoms with E-state index in [4.69, 9.17) is 33.0 Å². The van der Waals surface area contributed by atoms with Gasteiger partial charge in [0.05, 0.1) is 6.61 Å². The van der Waals surface area contributed by atoms with Gasteiger partial charge in [0.15, 0.2) is 0 Å². The van der Waals surface area contributed by atoms with Crippen LogP contribution in [0.25, 0.3) is 0 Å². The lowest BCUT2D eigenvalue weighted by Crippen LogP contribution is -2.38. The summed E-state index contributed by atoms with van der Waals surface area (Å²) in [5, 5.41) is 20.5. The van der Waals surface area contributed by atoms with E-state index in [1.807, 2.05) is 12.1 Å². The van der Waals surface area contributed by atoms with Gasteiger partial charge in [-0.3, -0.25) is 5.10 Å². The third-order valence-electron chi connectivity index (χ3n) is 3.67. The molecule has 0 amide bonds. The number of anilines is 1. The Bertz CT molecular complexity index is 621. The Morgan fingerprint density at radius 2 is 1.91 bits per heavy atom. The number of halogens is 2. The zero-order valence-electron chi connectivity index (χ0n) is 11.8. The third-order valence-corrected chi connectivity index (χ3v) is 4.11. The number of ether oxygens (including phenoxy) is 1. The van der Waals surface area contributed by atoms with Crippen LogP contribution in [0.5, 0.6) is 5.88 Å².